The Morgan fingerprint density at radius 1 is 1.07 bits per heavy atom. The summed E-state index contributed by atoms with van der Waals surface area (Å²) in [7, 11) is 0. The smallest absolute Gasteiger partial charge is 0.227 e. The van der Waals surface area contributed by atoms with Gasteiger partial charge in [0.2, 0.25) is 11.8 Å². The fraction of sp³-hybridized carbons (Fsp3) is 0.462. The van der Waals surface area contributed by atoms with Crippen LogP contribution < -0.4 is 5.32 Å². The first-order valence-corrected chi connectivity index (χ1v) is 11.3. The Bertz CT molecular complexity index is 1090. The van der Waals surface area contributed by atoms with E-state index in [4.69, 9.17) is 4.42 Å². The second-order valence-corrected chi connectivity index (χ2v) is 10.2. The number of amides is 1. The maximum Gasteiger partial charge on any atom is 0.227 e. The lowest BCUT2D eigenvalue weighted by molar-refractivity contribution is -0.124. The minimum Gasteiger partial charge on any atom is -0.436 e. The minimum atomic E-state index is 0.155. The molecule has 0 radical (unpaired) electrons. The zero-order valence-electron chi connectivity index (χ0n) is 17.5. The van der Waals surface area contributed by atoms with Crippen LogP contribution in [0.15, 0.2) is 46.9 Å². The Morgan fingerprint density at radius 2 is 1.80 bits per heavy atom. The number of fused-ring (bicyclic) bond motifs is 1. The van der Waals surface area contributed by atoms with Gasteiger partial charge in [-0.2, -0.15) is 0 Å². The summed E-state index contributed by atoms with van der Waals surface area (Å²) in [6.45, 7) is 2.05. The number of hydrogen-bond acceptors (Lipinski definition) is 3. The first-order chi connectivity index (χ1) is 14.5. The van der Waals surface area contributed by atoms with Crippen molar-refractivity contribution in [1.29, 1.82) is 0 Å². The van der Waals surface area contributed by atoms with Gasteiger partial charge in [0.25, 0.3) is 0 Å². The van der Waals surface area contributed by atoms with E-state index < -0.39 is 0 Å². The Morgan fingerprint density at radius 3 is 2.53 bits per heavy atom. The monoisotopic (exact) mass is 400 g/mol. The van der Waals surface area contributed by atoms with Crippen LogP contribution in [0.3, 0.4) is 0 Å². The molecular formula is C26H28N2O2. The van der Waals surface area contributed by atoms with Crippen molar-refractivity contribution < 1.29 is 9.21 Å². The molecule has 0 unspecified atom stereocenters. The van der Waals surface area contributed by atoms with Crippen LogP contribution in [0.2, 0.25) is 0 Å². The van der Waals surface area contributed by atoms with Crippen LogP contribution in [0.5, 0.6) is 0 Å². The summed E-state index contributed by atoms with van der Waals surface area (Å²) in [6, 6.07) is 13.9. The van der Waals surface area contributed by atoms with E-state index in [0.717, 1.165) is 45.7 Å². The molecule has 4 saturated carbocycles. The molecule has 154 valence electrons. The standard InChI is InChI=1S/C26H28N2O2/c1-16-5-6-23-22(7-16)28-25(30-23)20-3-2-4-21(11-20)27-24(29)15-26-12-17-8-18(13-26)10-19(9-17)14-26/h2-7,11,17-19H,8-10,12-15H2,1H3,(H,27,29). The molecule has 1 aromatic heterocycles. The van der Waals surface area contributed by atoms with Gasteiger partial charge in [-0.3, -0.25) is 4.79 Å². The molecule has 2 aromatic carbocycles. The quantitative estimate of drug-likeness (QED) is 0.555. The number of anilines is 1. The van der Waals surface area contributed by atoms with Crippen molar-refractivity contribution in [2.24, 2.45) is 23.2 Å². The SMILES string of the molecule is Cc1ccc2oc(-c3cccc(NC(=O)CC45CC6CC(CC(C6)C4)C5)c3)nc2c1. The third-order valence-corrected chi connectivity index (χ3v) is 7.64. The molecule has 0 saturated heterocycles. The zero-order valence-corrected chi connectivity index (χ0v) is 17.5. The predicted molar refractivity (Wildman–Crippen MR) is 118 cm³/mol. The number of aromatic nitrogens is 1. The van der Waals surface area contributed by atoms with Crippen LogP contribution in [0.25, 0.3) is 22.6 Å². The van der Waals surface area contributed by atoms with E-state index in [1.807, 2.05) is 49.4 Å². The van der Waals surface area contributed by atoms with E-state index in [1.54, 1.807) is 0 Å². The van der Waals surface area contributed by atoms with Gasteiger partial charge in [0.15, 0.2) is 5.58 Å². The molecule has 0 spiro atoms. The third kappa shape index (κ3) is 3.23. The summed E-state index contributed by atoms with van der Waals surface area (Å²) in [6.07, 6.45) is 8.67. The van der Waals surface area contributed by atoms with Crippen molar-refractivity contribution in [2.75, 3.05) is 5.32 Å². The highest BCUT2D eigenvalue weighted by Crippen LogP contribution is 2.61. The topological polar surface area (TPSA) is 55.1 Å². The maximum atomic E-state index is 13.0. The number of hydrogen-bond donors (Lipinski definition) is 1. The van der Waals surface area contributed by atoms with Crippen molar-refractivity contribution in [1.82, 2.24) is 4.98 Å². The van der Waals surface area contributed by atoms with Crippen molar-refractivity contribution in [3.05, 3.63) is 48.0 Å². The second-order valence-electron chi connectivity index (χ2n) is 10.2. The Kier molecular flexibility index (Phi) is 4.06. The summed E-state index contributed by atoms with van der Waals surface area (Å²) in [5.74, 6) is 3.36. The van der Waals surface area contributed by atoms with Gasteiger partial charge >= 0.3 is 0 Å². The molecule has 0 atom stereocenters. The summed E-state index contributed by atoms with van der Waals surface area (Å²) in [5, 5.41) is 3.16. The number of nitrogens with zero attached hydrogens (tertiary/aromatic N) is 1. The van der Waals surface area contributed by atoms with Gasteiger partial charge in [0.05, 0.1) is 0 Å². The maximum absolute atomic E-state index is 13.0. The number of carbonyl (C=O) groups excluding carboxylic acids is 1. The van der Waals surface area contributed by atoms with Gasteiger partial charge in [-0.15, -0.1) is 0 Å². The molecule has 7 rings (SSSR count). The van der Waals surface area contributed by atoms with Gasteiger partial charge in [-0.25, -0.2) is 4.98 Å². The highest BCUT2D eigenvalue weighted by atomic mass is 16.3. The van der Waals surface area contributed by atoms with Crippen LogP contribution >= 0.6 is 0 Å². The van der Waals surface area contributed by atoms with E-state index >= 15 is 0 Å². The normalized spacial score (nSPS) is 29.4. The van der Waals surface area contributed by atoms with E-state index in [9.17, 15) is 4.79 Å². The molecule has 4 heteroatoms. The molecular weight excluding hydrogens is 372 g/mol. The largest absolute Gasteiger partial charge is 0.436 e. The third-order valence-electron chi connectivity index (χ3n) is 7.64. The van der Waals surface area contributed by atoms with Crippen LogP contribution in [0.4, 0.5) is 5.69 Å². The van der Waals surface area contributed by atoms with Crippen molar-refractivity contribution >= 4 is 22.7 Å². The molecule has 4 bridgehead atoms. The van der Waals surface area contributed by atoms with Gasteiger partial charge < -0.3 is 9.73 Å². The molecule has 4 aliphatic rings. The molecule has 30 heavy (non-hydrogen) atoms. The highest BCUT2D eigenvalue weighted by molar-refractivity contribution is 5.92. The summed E-state index contributed by atoms with van der Waals surface area (Å²) >= 11 is 0. The second kappa shape index (κ2) is 6.69. The number of oxazole rings is 1. The Balaban J connectivity index is 1.19. The lowest BCUT2D eigenvalue weighted by atomic mass is 9.49. The molecule has 0 aliphatic heterocycles. The van der Waals surface area contributed by atoms with Gasteiger partial charge in [-0.1, -0.05) is 12.1 Å². The van der Waals surface area contributed by atoms with Gasteiger partial charge in [0, 0.05) is 17.7 Å². The molecule has 4 aliphatic carbocycles. The fourth-order valence-corrected chi connectivity index (χ4v) is 6.94. The predicted octanol–water partition coefficient (Wildman–Crippen LogP) is 6.35. The molecule has 4 fully saturated rings. The summed E-state index contributed by atoms with van der Waals surface area (Å²) < 4.78 is 5.94. The van der Waals surface area contributed by atoms with Gasteiger partial charge in [0.1, 0.15) is 5.52 Å². The van der Waals surface area contributed by atoms with Crippen molar-refractivity contribution in [3.8, 4) is 11.5 Å². The number of rotatable bonds is 4. The van der Waals surface area contributed by atoms with Crippen LogP contribution in [-0.4, -0.2) is 10.9 Å². The number of nitrogens with one attached hydrogen (secondary N) is 1. The first-order valence-electron chi connectivity index (χ1n) is 11.3. The highest BCUT2D eigenvalue weighted by Gasteiger charge is 2.51. The number of aryl methyl sites for hydroxylation is 1. The summed E-state index contributed by atoms with van der Waals surface area (Å²) in [5.41, 5.74) is 4.77. The molecule has 1 amide bonds. The summed E-state index contributed by atoms with van der Waals surface area (Å²) in [4.78, 5) is 17.6. The van der Waals surface area contributed by atoms with Crippen LogP contribution in [0.1, 0.15) is 50.5 Å². The van der Waals surface area contributed by atoms with E-state index in [-0.39, 0.29) is 11.3 Å². The van der Waals surface area contributed by atoms with Crippen molar-refractivity contribution in [3.63, 3.8) is 0 Å². The van der Waals surface area contributed by atoms with Crippen LogP contribution in [0, 0.1) is 30.1 Å². The first kappa shape index (κ1) is 18.2. The Hall–Kier alpha value is -2.62. The van der Waals surface area contributed by atoms with Crippen LogP contribution in [-0.2, 0) is 4.79 Å². The lowest BCUT2D eigenvalue weighted by Crippen LogP contribution is -2.47. The average molecular weight is 401 g/mol. The minimum absolute atomic E-state index is 0.155. The fourth-order valence-electron chi connectivity index (χ4n) is 6.94. The number of carbonyl (C=O) groups is 1. The van der Waals surface area contributed by atoms with Gasteiger partial charge in [-0.05, 0) is 105 Å². The molecule has 4 nitrogen and oxygen atoms in total. The Labute approximate surface area is 177 Å². The van der Waals surface area contributed by atoms with E-state index in [0.29, 0.717) is 12.3 Å². The van der Waals surface area contributed by atoms with E-state index in [1.165, 1.54) is 38.5 Å². The number of benzene rings is 2. The molecule has 3 aromatic rings. The van der Waals surface area contributed by atoms with Crippen molar-refractivity contribution in [2.45, 2.75) is 51.9 Å². The van der Waals surface area contributed by atoms with E-state index in [2.05, 4.69) is 10.3 Å². The molecule has 1 N–H and O–H groups in total. The molecule has 1 heterocycles. The average Bonchev–Trinajstić information content (AvgIpc) is 3.10. The zero-order chi connectivity index (χ0) is 20.3. The lowest BCUT2D eigenvalue weighted by Gasteiger charge is -2.56.